The number of anilines is 1. The zero-order valence-corrected chi connectivity index (χ0v) is 9.00. The molecule has 0 aromatic heterocycles. The summed E-state index contributed by atoms with van der Waals surface area (Å²) < 4.78 is 18.2. The first kappa shape index (κ1) is 12.4. The molecule has 0 radical (unpaired) electrons. The van der Waals surface area contributed by atoms with E-state index in [-0.39, 0.29) is 11.3 Å². The summed E-state index contributed by atoms with van der Waals surface area (Å²) in [5.41, 5.74) is -0.0245. The second-order valence-corrected chi connectivity index (χ2v) is 3.24. The number of methoxy groups -OCH3 is 1. The molecule has 0 saturated carbocycles. The molecular formula is C11H14FNO3. The molecule has 0 aliphatic rings. The van der Waals surface area contributed by atoms with Gasteiger partial charge in [0.05, 0.1) is 11.3 Å². The minimum atomic E-state index is -1.14. The van der Waals surface area contributed by atoms with Crippen LogP contribution in [0.25, 0.3) is 0 Å². The molecule has 1 aromatic rings. The van der Waals surface area contributed by atoms with Gasteiger partial charge in [-0.3, -0.25) is 0 Å². The lowest BCUT2D eigenvalue weighted by atomic mass is 10.1. The fraction of sp³-hybridized carbons (Fsp3) is 0.364. The fourth-order valence-electron chi connectivity index (χ4n) is 1.31. The van der Waals surface area contributed by atoms with Crippen LogP contribution in [0.4, 0.5) is 10.1 Å². The largest absolute Gasteiger partial charge is 0.478 e. The Balaban J connectivity index is 2.73. The second kappa shape index (κ2) is 6.07. The molecule has 1 aromatic carbocycles. The van der Waals surface area contributed by atoms with Gasteiger partial charge in [-0.25, -0.2) is 9.18 Å². The highest BCUT2D eigenvalue weighted by Gasteiger charge is 2.13. The third-order valence-corrected chi connectivity index (χ3v) is 2.07. The Kier molecular flexibility index (Phi) is 4.72. The monoisotopic (exact) mass is 227 g/mol. The van der Waals surface area contributed by atoms with Gasteiger partial charge in [0.1, 0.15) is 5.82 Å². The van der Waals surface area contributed by atoms with Crippen molar-refractivity contribution in [1.29, 1.82) is 0 Å². The summed E-state index contributed by atoms with van der Waals surface area (Å²) in [6.45, 7) is 1.01. The third kappa shape index (κ3) is 3.20. The van der Waals surface area contributed by atoms with Gasteiger partial charge in [0.2, 0.25) is 0 Å². The predicted octanol–water partition coefficient (Wildman–Crippen LogP) is 1.97. The summed E-state index contributed by atoms with van der Waals surface area (Å²) in [5, 5.41) is 11.6. The normalized spacial score (nSPS) is 10.1. The Morgan fingerprint density at radius 3 is 2.94 bits per heavy atom. The van der Waals surface area contributed by atoms with Crippen molar-refractivity contribution in [2.45, 2.75) is 6.42 Å². The highest BCUT2D eigenvalue weighted by atomic mass is 19.1. The van der Waals surface area contributed by atoms with Gasteiger partial charge < -0.3 is 15.2 Å². The van der Waals surface area contributed by atoms with E-state index in [4.69, 9.17) is 9.84 Å². The molecule has 0 bridgehead atoms. The quantitative estimate of drug-likeness (QED) is 0.729. The van der Waals surface area contributed by atoms with Crippen LogP contribution in [0.1, 0.15) is 16.8 Å². The summed E-state index contributed by atoms with van der Waals surface area (Å²) >= 11 is 0. The molecule has 0 atom stereocenters. The van der Waals surface area contributed by atoms with Crippen LogP contribution in [-0.4, -0.2) is 31.3 Å². The number of para-hydroxylation sites is 1. The standard InChI is InChI=1S/C11H14FNO3/c1-16-7-3-6-13-10-8(11(14)15)4-2-5-9(10)12/h2,4-5,13H,3,6-7H2,1H3,(H,14,15). The molecular weight excluding hydrogens is 213 g/mol. The Labute approximate surface area is 93.0 Å². The molecule has 16 heavy (non-hydrogen) atoms. The van der Waals surface area contributed by atoms with Crippen molar-refractivity contribution in [2.24, 2.45) is 0 Å². The molecule has 0 fully saturated rings. The van der Waals surface area contributed by atoms with E-state index in [1.165, 1.54) is 18.2 Å². The Hall–Kier alpha value is -1.62. The Morgan fingerprint density at radius 1 is 1.56 bits per heavy atom. The van der Waals surface area contributed by atoms with Crippen molar-refractivity contribution in [2.75, 3.05) is 25.6 Å². The minimum Gasteiger partial charge on any atom is -0.478 e. The van der Waals surface area contributed by atoms with Crippen molar-refractivity contribution in [3.8, 4) is 0 Å². The van der Waals surface area contributed by atoms with Crippen LogP contribution in [0, 0.1) is 5.82 Å². The highest BCUT2D eigenvalue weighted by molar-refractivity contribution is 5.94. The molecule has 88 valence electrons. The highest BCUT2D eigenvalue weighted by Crippen LogP contribution is 2.19. The van der Waals surface area contributed by atoms with Gasteiger partial charge in [0.25, 0.3) is 0 Å². The smallest absolute Gasteiger partial charge is 0.337 e. The number of aromatic carboxylic acids is 1. The fourth-order valence-corrected chi connectivity index (χ4v) is 1.31. The van der Waals surface area contributed by atoms with Crippen molar-refractivity contribution >= 4 is 11.7 Å². The number of hydrogen-bond donors (Lipinski definition) is 2. The van der Waals surface area contributed by atoms with Crippen LogP contribution in [0.2, 0.25) is 0 Å². The van der Waals surface area contributed by atoms with Gasteiger partial charge in [0.15, 0.2) is 0 Å². The zero-order chi connectivity index (χ0) is 12.0. The lowest BCUT2D eigenvalue weighted by molar-refractivity contribution is 0.0697. The van der Waals surface area contributed by atoms with E-state index in [9.17, 15) is 9.18 Å². The number of ether oxygens (including phenoxy) is 1. The van der Waals surface area contributed by atoms with Gasteiger partial charge in [-0.05, 0) is 18.6 Å². The molecule has 0 aliphatic carbocycles. The van der Waals surface area contributed by atoms with Crippen LogP contribution in [0.3, 0.4) is 0 Å². The lowest BCUT2D eigenvalue weighted by Crippen LogP contribution is -2.10. The Bertz CT molecular complexity index is 368. The van der Waals surface area contributed by atoms with Gasteiger partial charge in [-0.1, -0.05) is 6.07 Å². The van der Waals surface area contributed by atoms with E-state index >= 15 is 0 Å². The maximum Gasteiger partial charge on any atom is 0.337 e. The third-order valence-electron chi connectivity index (χ3n) is 2.07. The first-order valence-corrected chi connectivity index (χ1v) is 4.91. The van der Waals surface area contributed by atoms with Crippen molar-refractivity contribution in [3.63, 3.8) is 0 Å². The van der Waals surface area contributed by atoms with E-state index in [1.54, 1.807) is 7.11 Å². The molecule has 0 aliphatic heterocycles. The molecule has 0 spiro atoms. The van der Waals surface area contributed by atoms with Crippen LogP contribution in [0.15, 0.2) is 18.2 Å². The molecule has 0 heterocycles. The number of carboxylic acids is 1. The zero-order valence-electron chi connectivity index (χ0n) is 9.00. The maximum absolute atomic E-state index is 13.4. The van der Waals surface area contributed by atoms with Gasteiger partial charge in [0, 0.05) is 20.3 Å². The predicted molar refractivity (Wildman–Crippen MR) is 58.3 cm³/mol. The SMILES string of the molecule is COCCCNc1c(F)cccc1C(=O)O. The topological polar surface area (TPSA) is 58.6 Å². The van der Waals surface area contributed by atoms with Crippen LogP contribution in [0.5, 0.6) is 0 Å². The number of carbonyl (C=O) groups is 1. The molecule has 0 saturated heterocycles. The van der Waals surface area contributed by atoms with Crippen molar-refractivity contribution in [3.05, 3.63) is 29.6 Å². The molecule has 2 N–H and O–H groups in total. The van der Waals surface area contributed by atoms with Crippen LogP contribution in [-0.2, 0) is 4.74 Å². The summed E-state index contributed by atoms with van der Waals surface area (Å²) in [6, 6.07) is 3.97. The molecule has 0 unspecified atom stereocenters. The minimum absolute atomic E-state index is 0.0334. The number of hydrogen-bond acceptors (Lipinski definition) is 3. The van der Waals surface area contributed by atoms with E-state index < -0.39 is 11.8 Å². The van der Waals surface area contributed by atoms with Gasteiger partial charge >= 0.3 is 5.97 Å². The van der Waals surface area contributed by atoms with Gasteiger partial charge in [-0.15, -0.1) is 0 Å². The second-order valence-electron chi connectivity index (χ2n) is 3.24. The average Bonchev–Trinajstić information content (AvgIpc) is 2.25. The Morgan fingerprint density at radius 2 is 2.31 bits per heavy atom. The van der Waals surface area contributed by atoms with E-state index in [0.29, 0.717) is 19.6 Å². The molecule has 5 heteroatoms. The van der Waals surface area contributed by atoms with E-state index in [0.717, 1.165) is 0 Å². The first-order valence-electron chi connectivity index (χ1n) is 4.91. The number of benzene rings is 1. The summed E-state index contributed by atoms with van der Waals surface area (Å²) in [5.74, 6) is -1.70. The van der Waals surface area contributed by atoms with Crippen LogP contribution < -0.4 is 5.32 Å². The number of carboxylic acid groups (broad SMARTS) is 1. The summed E-state index contributed by atoms with van der Waals surface area (Å²) in [7, 11) is 1.58. The first-order chi connectivity index (χ1) is 7.66. The average molecular weight is 227 g/mol. The molecule has 0 amide bonds. The van der Waals surface area contributed by atoms with E-state index in [1.807, 2.05) is 0 Å². The van der Waals surface area contributed by atoms with Crippen LogP contribution >= 0.6 is 0 Å². The molecule has 1 rings (SSSR count). The molecule has 4 nitrogen and oxygen atoms in total. The number of halogens is 1. The van der Waals surface area contributed by atoms with Gasteiger partial charge in [-0.2, -0.15) is 0 Å². The summed E-state index contributed by atoms with van der Waals surface area (Å²) in [4.78, 5) is 10.8. The summed E-state index contributed by atoms with van der Waals surface area (Å²) in [6.07, 6.45) is 0.684. The van der Waals surface area contributed by atoms with Crippen molar-refractivity contribution < 1.29 is 19.0 Å². The number of nitrogens with one attached hydrogen (secondary N) is 1. The maximum atomic E-state index is 13.4. The lowest BCUT2D eigenvalue weighted by Gasteiger charge is -2.10. The van der Waals surface area contributed by atoms with E-state index in [2.05, 4.69) is 5.32 Å². The van der Waals surface area contributed by atoms with Crippen molar-refractivity contribution in [1.82, 2.24) is 0 Å². The number of rotatable bonds is 6.